The molecular weight excluding hydrogens is 328 g/mol. The number of hydrogen-bond donors (Lipinski definition) is 0. The molecule has 1 aromatic carbocycles. The van der Waals surface area contributed by atoms with Gasteiger partial charge in [-0.3, -0.25) is 4.79 Å². The number of ketones is 1. The zero-order valence-electron chi connectivity index (χ0n) is 9.56. The lowest BCUT2D eigenvalue weighted by Crippen LogP contribution is -2.14. The van der Waals surface area contributed by atoms with E-state index in [1.807, 2.05) is 23.6 Å². The number of thioether (sulfide) groups is 1. The molecule has 0 N–H and O–H groups in total. The maximum Gasteiger partial charge on any atom is 0.146 e. The van der Waals surface area contributed by atoms with E-state index in [1.54, 1.807) is 23.1 Å². The summed E-state index contributed by atoms with van der Waals surface area (Å²) in [5.74, 6) is 1.29. The molecule has 0 saturated carbocycles. The number of carbonyl (C=O) groups is 1. The van der Waals surface area contributed by atoms with Gasteiger partial charge in [-0.2, -0.15) is 0 Å². The third-order valence-electron chi connectivity index (χ3n) is 3.11. The lowest BCUT2D eigenvalue weighted by Gasteiger charge is -2.08. The molecule has 1 nitrogen and oxygen atoms in total. The van der Waals surface area contributed by atoms with Crippen LogP contribution in [-0.2, 0) is 11.2 Å². The van der Waals surface area contributed by atoms with Crippen LogP contribution in [-0.4, -0.2) is 11.5 Å². The van der Waals surface area contributed by atoms with Crippen molar-refractivity contribution in [1.82, 2.24) is 0 Å². The van der Waals surface area contributed by atoms with Crippen LogP contribution < -0.4 is 0 Å². The first-order valence-electron chi connectivity index (χ1n) is 5.72. The van der Waals surface area contributed by atoms with Gasteiger partial charge in [0.15, 0.2) is 0 Å². The van der Waals surface area contributed by atoms with Crippen molar-refractivity contribution in [3.63, 3.8) is 0 Å². The van der Waals surface area contributed by atoms with E-state index in [1.165, 1.54) is 10.5 Å². The lowest BCUT2D eigenvalue weighted by molar-refractivity contribution is -0.119. The van der Waals surface area contributed by atoms with E-state index < -0.39 is 0 Å². The molecule has 3 rings (SSSR count). The molecule has 1 atom stereocenters. The predicted octanol–water partition coefficient (Wildman–Crippen LogP) is 4.51. The Morgan fingerprint density at radius 2 is 2.17 bits per heavy atom. The summed E-state index contributed by atoms with van der Waals surface area (Å²) in [6.07, 6.45) is 0.539. The van der Waals surface area contributed by atoms with Gasteiger partial charge in [0.2, 0.25) is 0 Å². The van der Waals surface area contributed by atoms with Crippen LogP contribution in [0.5, 0.6) is 0 Å². The Hall–Kier alpha value is -0.580. The largest absolute Gasteiger partial charge is 0.299 e. The van der Waals surface area contributed by atoms with Gasteiger partial charge < -0.3 is 0 Å². The number of rotatable bonds is 3. The van der Waals surface area contributed by atoms with Crippen molar-refractivity contribution in [3.05, 3.63) is 50.6 Å². The Labute approximate surface area is 123 Å². The number of fused-ring (bicyclic) bond motifs is 1. The van der Waals surface area contributed by atoms with Gasteiger partial charge in [-0.25, -0.2) is 0 Å². The number of thiophene rings is 1. The van der Waals surface area contributed by atoms with E-state index in [0.29, 0.717) is 12.2 Å². The third-order valence-corrected chi connectivity index (χ3v) is 6.22. The first kappa shape index (κ1) is 12.5. The van der Waals surface area contributed by atoms with E-state index in [-0.39, 0.29) is 5.92 Å². The highest BCUT2D eigenvalue weighted by atomic mass is 79.9. The second-order valence-corrected chi connectivity index (χ2v) is 7.15. The van der Waals surface area contributed by atoms with Crippen LogP contribution >= 0.6 is 39.0 Å². The Kier molecular flexibility index (Phi) is 3.59. The summed E-state index contributed by atoms with van der Waals surface area (Å²) in [6, 6.07) is 10.3. The molecule has 1 aromatic heterocycles. The number of halogens is 1. The summed E-state index contributed by atoms with van der Waals surface area (Å²) < 4.78 is 1.06. The number of carbonyl (C=O) groups excluding carboxylic acids is 1. The zero-order valence-corrected chi connectivity index (χ0v) is 12.8. The Balaban J connectivity index is 1.81. The van der Waals surface area contributed by atoms with E-state index in [4.69, 9.17) is 0 Å². The summed E-state index contributed by atoms with van der Waals surface area (Å²) in [7, 11) is 0. The maximum absolute atomic E-state index is 12.4. The van der Waals surface area contributed by atoms with Gasteiger partial charge in [0.05, 0.1) is 5.92 Å². The fourth-order valence-corrected chi connectivity index (χ4v) is 4.93. The Bertz CT molecular complexity index is 591. The van der Waals surface area contributed by atoms with Crippen molar-refractivity contribution >= 4 is 44.8 Å². The second kappa shape index (κ2) is 5.19. The van der Waals surface area contributed by atoms with Crippen LogP contribution in [0.2, 0.25) is 0 Å². The molecule has 0 amide bonds. The van der Waals surface area contributed by atoms with Gasteiger partial charge in [0.25, 0.3) is 0 Å². The Morgan fingerprint density at radius 1 is 1.33 bits per heavy atom. The molecule has 2 aromatic rings. The first-order chi connectivity index (χ1) is 8.75. The number of hydrogen-bond acceptors (Lipinski definition) is 3. The minimum absolute atomic E-state index is 0.0696. The maximum atomic E-state index is 12.4. The van der Waals surface area contributed by atoms with Crippen LogP contribution in [0.1, 0.15) is 16.4 Å². The molecule has 1 aliphatic heterocycles. The quantitative estimate of drug-likeness (QED) is 0.818. The van der Waals surface area contributed by atoms with Gasteiger partial charge >= 0.3 is 0 Å². The third kappa shape index (κ3) is 2.29. The standard InChI is InChI=1S/C14H11BrOS2/c15-11-5-6-17-14(11)7-12(16)10-8-18-13-4-2-1-3-9(10)13/h1-6,10H,7-8H2. The second-order valence-electron chi connectivity index (χ2n) is 4.24. The normalized spacial score (nSPS) is 17.7. The van der Waals surface area contributed by atoms with Gasteiger partial charge in [-0.1, -0.05) is 18.2 Å². The monoisotopic (exact) mass is 338 g/mol. The molecule has 0 radical (unpaired) electrons. The lowest BCUT2D eigenvalue weighted by atomic mass is 9.95. The summed E-state index contributed by atoms with van der Waals surface area (Å²) in [6.45, 7) is 0. The van der Waals surface area contributed by atoms with E-state index in [9.17, 15) is 4.79 Å². The molecule has 0 aliphatic carbocycles. The zero-order chi connectivity index (χ0) is 12.5. The van der Waals surface area contributed by atoms with Crippen LogP contribution in [0.4, 0.5) is 0 Å². The van der Waals surface area contributed by atoms with E-state index in [0.717, 1.165) is 15.1 Å². The molecule has 0 saturated heterocycles. The highest BCUT2D eigenvalue weighted by molar-refractivity contribution is 9.10. The summed E-state index contributed by atoms with van der Waals surface area (Å²) >= 11 is 6.92. The van der Waals surface area contributed by atoms with Crippen molar-refractivity contribution in [3.8, 4) is 0 Å². The molecule has 92 valence electrons. The van der Waals surface area contributed by atoms with Gasteiger partial charge in [0.1, 0.15) is 5.78 Å². The first-order valence-corrected chi connectivity index (χ1v) is 8.38. The molecular formula is C14H11BrOS2. The molecule has 0 fully saturated rings. The molecule has 0 spiro atoms. The van der Waals surface area contributed by atoms with Crippen molar-refractivity contribution in [1.29, 1.82) is 0 Å². The molecule has 4 heteroatoms. The van der Waals surface area contributed by atoms with Crippen molar-refractivity contribution in [2.45, 2.75) is 17.2 Å². The molecule has 1 aliphatic rings. The van der Waals surface area contributed by atoms with Crippen LogP contribution in [0.3, 0.4) is 0 Å². The van der Waals surface area contributed by atoms with Crippen LogP contribution in [0.25, 0.3) is 0 Å². The summed E-state index contributed by atoms with van der Waals surface area (Å²) in [5, 5.41) is 2.02. The fourth-order valence-electron chi connectivity index (χ4n) is 2.16. The van der Waals surface area contributed by atoms with E-state index >= 15 is 0 Å². The average molecular weight is 339 g/mol. The van der Waals surface area contributed by atoms with Gasteiger partial charge in [0, 0.05) is 26.4 Å². The fraction of sp³-hybridized carbons (Fsp3) is 0.214. The summed E-state index contributed by atoms with van der Waals surface area (Å²) in [5.41, 5.74) is 1.21. The van der Waals surface area contributed by atoms with Crippen LogP contribution in [0, 0.1) is 0 Å². The topological polar surface area (TPSA) is 17.1 Å². The average Bonchev–Trinajstić information content (AvgIpc) is 2.96. The van der Waals surface area contributed by atoms with Crippen molar-refractivity contribution in [2.75, 3.05) is 5.75 Å². The van der Waals surface area contributed by atoms with Gasteiger partial charge in [-0.05, 0) is 39.0 Å². The minimum Gasteiger partial charge on any atom is -0.299 e. The molecule has 18 heavy (non-hydrogen) atoms. The molecule has 1 unspecified atom stereocenters. The predicted molar refractivity (Wildman–Crippen MR) is 80.6 cm³/mol. The van der Waals surface area contributed by atoms with Crippen LogP contribution in [0.15, 0.2) is 45.1 Å². The van der Waals surface area contributed by atoms with Crippen molar-refractivity contribution < 1.29 is 4.79 Å². The SMILES string of the molecule is O=C(Cc1sccc1Br)C1CSc2ccccc21. The minimum atomic E-state index is 0.0696. The Morgan fingerprint density at radius 3 is 2.94 bits per heavy atom. The van der Waals surface area contributed by atoms with Crippen molar-refractivity contribution in [2.24, 2.45) is 0 Å². The van der Waals surface area contributed by atoms with Gasteiger partial charge in [-0.15, -0.1) is 23.1 Å². The summed E-state index contributed by atoms with van der Waals surface area (Å²) in [4.78, 5) is 14.8. The smallest absolute Gasteiger partial charge is 0.146 e. The highest BCUT2D eigenvalue weighted by Crippen LogP contribution is 2.40. The number of benzene rings is 1. The molecule has 0 bridgehead atoms. The van der Waals surface area contributed by atoms with E-state index in [2.05, 4.69) is 28.1 Å². The number of Topliss-reactive ketones (excluding diaryl/α,β-unsaturated/α-hetero) is 1. The molecule has 2 heterocycles. The highest BCUT2D eigenvalue weighted by Gasteiger charge is 2.29.